The van der Waals surface area contributed by atoms with Gasteiger partial charge in [-0.25, -0.2) is 26.9 Å². The van der Waals surface area contributed by atoms with Crippen LogP contribution >= 0.6 is 22.9 Å². The van der Waals surface area contributed by atoms with Gasteiger partial charge in [-0.05, 0) is 38.2 Å². The number of imidazole rings is 1. The largest absolute Gasteiger partial charge is 0.483 e. The standard InChI is InChI=1S/C20H22ClF2N7O2S2.CH2O2/c1-20(2-3-20)28-34(31,32)12-5-13(29-7-10-4-11(8-29)24-6-10)14-15(21)25-17(30(14)9-12)19-27-26-18(33-19)16(22)23;2-1-3/h5,9-11,16,24,28H,2-4,6-8H2,1H3;1H,(H,2,3). The number of pyridine rings is 1. The van der Waals surface area contributed by atoms with E-state index < -0.39 is 27.0 Å². The van der Waals surface area contributed by atoms with Crippen LogP contribution in [0.2, 0.25) is 5.15 Å². The molecule has 37 heavy (non-hydrogen) atoms. The fourth-order valence-corrected chi connectivity index (χ4v) is 7.22. The minimum atomic E-state index is -3.85. The summed E-state index contributed by atoms with van der Waals surface area (Å²) in [4.78, 5) is 14.9. The zero-order valence-electron chi connectivity index (χ0n) is 19.6. The van der Waals surface area contributed by atoms with Crippen molar-refractivity contribution in [1.29, 1.82) is 0 Å². The van der Waals surface area contributed by atoms with Gasteiger partial charge in [0.15, 0.2) is 21.0 Å². The topological polar surface area (TPSA) is 142 Å². The number of piperidine rings is 1. The molecule has 11 nitrogen and oxygen atoms in total. The monoisotopic (exact) mass is 575 g/mol. The predicted molar refractivity (Wildman–Crippen MR) is 133 cm³/mol. The number of carboxylic acid groups (broad SMARTS) is 1. The van der Waals surface area contributed by atoms with Crippen molar-refractivity contribution in [1.82, 2.24) is 29.6 Å². The number of nitrogens with zero attached hydrogens (tertiary/aromatic N) is 5. The number of anilines is 1. The van der Waals surface area contributed by atoms with Gasteiger partial charge in [-0.3, -0.25) is 9.20 Å². The van der Waals surface area contributed by atoms with E-state index in [4.69, 9.17) is 21.5 Å². The summed E-state index contributed by atoms with van der Waals surface area (Å²) in [5.41, 5.74) is 0.705. The van der Waals surface area contributed by atoms with Gasteiger partial charge in [0.25, 0.3) is 12.9 Å². The van der Waals surface area contributed by atoms with E-state index in [0.717, 1.165) is 32.4 Å². The molecule has 3 aromatic rings. The van der Waals surface area contributed by atoms with Crippen molar-refractivity contribution >= 4 is 50.6 Å². The highest BCUT2D eigenvalue weighted by Gasteiger charge is 2.42. The molecule has 1 saturated carbocycles. The average Bonchev–Trinajstić information content (AvgIpc) is 3.18. The molecule has 3 N–H and O–H groups in total. The molecule has 200 valence electrons. The number of nitrogens with one attached hydrogen (secondary N) is 2. The molecule has 2 atom stereocenters. The van der Waals surface area contributed by atoms with E-state index in [0.29, 0.717) is 41.0 Å². The first-order valence-corrected chi connectivity index (χ1v) is 14.1. The van der Waals surface area contributed by atoms with Gasteiger partial charge in [-0.2, -0.15) is 0 Å². The molecule has 3 aliphatic rings. The lowest BCUT2D eigenvalue weighted by atomic mass is 9.99. The van der Waals surface area contributed by atoms with Crippen molar-refractivity contribution in [2.24, 2.45) is 5.92 Å². The van der Waals surface area contributed by atoms with Crippen LogP contribution in [0.15, 0.2) is 17.2 Å². The number of alkyl halides is 2. The highest BCUT2D eigenvalue weighted by atomic mass is 35.5. The maximum atomic E-state index is 13.3. The van der Waals surface area contributed by atoms with Gasteiger partial charge in [-0.1, -0.05) is 22.9 Å². The molecule has 6 rings (SSSR count). The number of carbonyl (C=O) groups is 1. The molecule has 1 aliphatic carbocycles. The summed E-state index contributed by atoms with van der Waals surface area (Å²) < 4.78 is 57.2. The van der Waals surface area contributed by atoms with Crippen LogP contribution in [0.3, 0.4) is 0 Å². The van der Waals surface area contributed by atoms with Gasteiger partial charge in [0, 0.05) is 37.4 Å². The molecule has 0 radical (unpaired) electrons. The highest BCUT2D eigenvalue weighted by Crippen LogP contribution is 2.40. The molecular weight excluding hydrogens is 552 g/mol. The van der Waals surface area contributed by atoms with Crippen LogP contribution in [-0.4, -0.2) is 70.8 Å². The lowest BCUT2D eigenvalue weighted by molar-refractivity contribution is -0.122. The van der Waals surface area contributed by atoms with Crippen molar-refractivity contribution in [3.8, 4) is 10.8 Å². The quantitative estimate of drug-likeness (QED) is 0.378. The summed E-state index contributed by atoms with van der Waals surface area (Å²) >= 11 is 7.27. The SMILES string of the molecule is CC1(NS(=O)(=O)c2cc(N3CC4CNC(C4)C3)c3c(Cl)nc(-c4nnc(C(F)F)s4)n3c2)CC1.O=CO. The Morgan fingerprint density at radius 1 is 1.35 bits per heavy atom. The van der Waals surface area contributed by atoms with Gasteiger partial charge in [0.2, 0.25) is 10.0 Å². The Kier molecular flexibility index (Phi) is 6.85. The van der Waals surface area contributed by atoms with Crippen LogP contribution in [-0.2, 0) is 14.8 Å². The van der Waals surface area contributed by atoms with E-state index in [2.05, 4.69) is 30.1 Å². The summed E-state index contributed by atoms with van der Waals surface area (Å²) in [6, 6.07) is 1.94. The van der Waals surface area contributed by atoms with Crippen molar-refractivity contribution in [2.75, 3.05) is 24.5 Å². The zero-order valence-corrected chi connectivity index (χ0v) is 22.0. The average molecular weight is 576 g/mol. The van der Waals surface area contributed by atoms with E-state index in [1.165, 1.54) is 6.20 Å². The molecule has 0 aromatic carbocycles. The van der Waals surface area contributed by atoms with E-state index >= 15 is 0 Å². The van der Waals surface area contributed by atoms with Crippen LogP contribution in [0.5, 0.6) is 0 Å². The Balaban J connectivity index is 0.000000892. The molecule has 3 aromatic heterocycles. The number of hydrogen-bond acceptors (Lipinski definition) is 9. The minimum absolute atomic E-state index is 0.0583. The van der Waals surface area contributed by atoms with Crippen LogP contribution in [0.1, 0.15) is 37.6 Å². The van der Waals surface area contributed by atoms with Gasteiger partial charge >= 0.3 is 0 Å². The number of rotatable bonds is 6. The molecule has 2 saturated heterocycles. The third kappa shape index (κ3) is 5.14. The van der Waals surface area contributed by atoms with Crippen molar-refractivity contribution in [2.45, 2.75) is 49.1 Å². The second-order valence-electron chi connectivity index (χ2n) is 9.64. The van der Waals surface area contributed by atoms with Gasteiger partial charge in [0.05, 0.1) is 5.69 Å². The van der Waals surface area contributed by atoms with Crippen LogP contribution in [0, 0.1) is 5.92 Å². The summed E-state index contributed by atoms with van der Waals surface area (Å²) in [6.07, 6.45) is 1.28. The summed E-state index contributed by atoms with van der Waals surface area (Å²) in [7, 11) is -3.85. The fraction of sp³-hybridized carbons (Fsp3) is 0.524. The Labute approximate surface area is 219 Å². The van der Waals surface area contributed by atoms with Gasteiger partial charge in [0.1, 0.15) is 10.4 Å². The normalized spacial score (nSPS) is 22.2. The summed E-state index contributed by atoms with van der Waals surface area (Å²) in [5, 5.41) is 17.7. The molecule has 2 bridgehead atoms. The molecule has 5 heterocycles. The highest BCUT2D eigenvalue weighted by molar-refractivity contribution is 7.89. The number of hydrogen-bond donors (Lipinski definition) is 3. The Morgan fingerprint density at radius 3 is 2.70 bits per heavy atom. The van der Waals surface area contributed by atoms with Crippen molar-refractivity contribution < 1.29 is 27.1 Å². The molecule has 3 fully saturated rings. The van der Waals surface area contributed by atoms with E-state index in [9.17, 15) is 17.2 Å². The fourth-order valence-electron chi connectivity index (χ4n) is 4.78. The molecule has 2 aliphatic heterocycles. The molecule has 0 amide bonds. The Morgan fingerprint density at radius 2 is 2.08 bits per heavy atom. The number of fused-ring (bicyclic) bond motifs is 3. The first-order chi connectivity index (χ1) is 17.5. The Hall–Kier alpha value is -2.46. The second kappa shape index (κ2) is 9.69. The van der Waals surface area contributed by atoms with Crippen LogP contribution in [0.4, 0.5) is 14.5 Å². The molecular formula is C21H24ClF2N7O4S2. The first-order valence-electron chi connectivity index (χ1n) is 11.5. The minimum Gasteiger partial charge on any atom is -0.483 e. The summed E-state index contributed by atoms with van der Waals surface area (Å²) in [5.74, 6) is 0.624. The first kappa shape index (κ1) is 26.2. The predicted octanol–water partition coefficient (Wildman–Crippen LogP) is 2.77. The maximum absolute atomic E-state index is 13.3. The summed E-state index contributed by atoms with van der Waals surface area (Å²) in [6.45, 7) is 3.98. The number of sulfonamides is 1. The lowest BCUT2D eigenvalue weighted by Gasteiger charge is -2.33. The van der Waals surface area contributed by atoms with Crippen molar-refractivity contribution in [3.05, 3.63) is 22.4 Å². The Bertz CT molecular complexity index is 1430. The maximum Gasteiger partial charge on any atom is 0.291 e. The lowest BCUT2D eigenvalue weighted by Crippen LogP contribution is -2.41. The van der Waals surface area contributed by atoms with Gasteiger partial charge < -0.3 is 15.3 Å². The number of aromatic nitrogens is 4. The number of halogens is 3. The third-order valence-electron chi connectivity index (χ3n) is 6.73. The van der Waals surface area contributed by atoms with E-state index in [1.807, 2.05) is 6.92 Å². The molecule has 2 unspecified atom stereocenters. The van der Waals surface area contributed by atoms with Crippen LogP contribution in [0.25, 0.3) is 16.3 Å². The third-order valence-corrected chi connectivity index (χ3v) is 9.52. The smallest absolute Gasteiger partial charge is 0.291 e. The van der Waals surface area contributed by atoms with Gasteiger partial charge in [-0.15, -0.1) is 10.2 Å². The van der Waals surface area contributed by atoms with E-state index in [1.54, 1.807) is 10.5 Å². The van der Waals surface area contributed by atoms with Crippen LogP contribution < -0.4 is 14.9 Å². The van der Waals surface area contributed by atoms with E-state index in [-0.39, 0.29) is 27.4 Å². The molecule has 16 heteroatoms. The molecule has 0 spiro atoms. The zero-order chi connectivity index (χ0) is 26.5. The van der Waals surface area contributed by atoms with Crippen molar-refractivity contribution in [3.63, 3.8) is 0 Å². The second-order valence-corrected chi connectivity index (χ2v) is 12.7.